The van der Waals surface area contributed by atoms with E-state index >= 15 is 0 Å². The minimum atomic E-state index is -0.103. The molecule has 2 aromatic carbocycles. The van der Waals surface area contributed by atoms with Gasteiger partial charge < -0.3 is 4.74 Å². The number of hydrogen-bond donors (Lipinski definition) is 1. The van der Waals surface area contributed by atoms with E-state index in [9.17, 15) is 4.79 Å². The molecule has 0 saturated carbocycles. The molecule has 2 aromatic heterocycles. The van der Waals surface area contributed by atoms with Gasteiger partial charge in [0.25, 0.3) is 5.56 Å². The van der Waals surface area contributed by atoms with E-state index in [1.807, 2.05) is 49.4 Å². The van der Waals surface area contributed by atoms with Gasteiger partial charge in [0.05, 0.1) is 29.2 Å². The number of hydrogen-bond acceptors (Lipinski definition) is 3. The van der Waals surface area contributed by atoms with Crippen molar-refractivity contribution >= 4 is 21.8 Å². The summed E-state index contributed by atoms with van der Waals surface area (Å²) < 4.78 is 6.89. The number of aryl methyl sites for hydroxylation is 1. The van der Waals surface area contributed by atoms with Crippen molar-refractivity contribution < 1.29 is 4.74 Å². The van der Waals surface area contributed by atoms with Crippen molar-refractivity contribution in [3.8, 4) is 11.4 Å². The van der Waals surface area contributed by atoms with Crippen LogP contribution >= 0.6 is 0 Å². The second kappa shape index (κ2) is 4.98. The van der Waals surface area contributed by atoms with Crippen LogP contribution in [0.15, 0.2) is 53.5 Å². The fourth-order valence-electron chi connectivity index (χ4n) is 2.93. The molecule has 4 rings (SSSR count). The summed E-state index contributed by atoms with van der Waals surface area (Å²) in [5.41, 5.74) is 3.27. The fraction of sp³-hybridized carbons (Fsp3) is 0.111. The molecule has 0 aliphatic carbocycles. The van der Waals surface area contributed by atoms with Crippen molar-refractivity contribution in [2.45, 2.75) is 6.92 Å². The predicted octanol–water partition coefficient (Wildman–Crippen LogP) is 3.18. The molecule has 0 aliphatic heterocycles. The maximum absolute atomic E-state index is 12.6. The van der Waals surface area contributed by atoms with Crippen LogP contribution in [0.25, 0.3) is 27.5 Å². The molecule has 0 radical (unpaired) electrons. The van der Waals surface area contributed by atoms with Gasteiger partial charge in [-0.2, -0.15) is 0 Å². The van der Waals surface area contributed by atoms with Gasteiger partial charge in [0, 0.05) is 17.1 Å². The number of rotatable bonds is 2. The van der Waals surface area contributed by atoms with Crippen molar-refractivity contribution in [2.75, 3.05) is 7.11 Å². The maximum atomic E-state index is 12.6. The molecule has 1 N–H and O–H groups in total. The number of pyridine rings is 1. The van der Waals surface area contributed by atoms with Gasteiger partial charge in [0.2, 0.25) is 0 Å². The highest BCUT2D eigenvalue weighted by atomic mass is 16.5. The molecule has 0 amide bonds. The zero-order chi connectivity index (χ0) is 16.0. The van der Waals surface area contributed by atoms with Gasteiger partial charge in [-0.25, -0.2) is 4.68 Å². The first-order valence-corrected chi connectivity index (χ1v) is 7.33. The van der Waals surface area contributed by atoms with Gasteiger partial charge in [0.1, 0.15) is 5.75 Å². The number of aromatic nitrogens is 3. The van der Waals surface area contributed by atoms with E-state index < -0.39 is 0 Å². The van der Waals surface area contributed by atoms with Gasteiger partial charge >= 0.3 is 0 Å². The summed E-state index contributed by atoms with van der Waals surface area (Å²) in [5.74, 6) is 0.786. The number of aromatic amines is 1. The summed E-state index contributed by atoms with van der Waals surface area (Å²) >= 11 is 0. The summed E-state index contributed by atoms with van der Waals surface area (Å²) in [6.45, 7) is 1.96. The highest BCUT2D eigenvalue weighted by molar-refractivity contribution is 6.04. The predicted molar refractivity (Wildman–Crippen MR) is 90.5 cm³/mol. The molecular formula is C18H15N3O2. The highest BCUT2D eigenvalue weighted by Crippen LogP contribution is 2.29. The maximum Gasteiger partial charge on any atom is 0.280 e. The van der Waals surface area contributed by atoms with Crippen LogP contribution in [0.1, 0.15) is 5.56 Å². The Balaban J connectivity index is 2.08. The summed E-state index contributed by atoms with van der Waals surface area (Å²) in [6.07, 6.45) is 1.63. The van der Waals surface area contributed by atoms with E-state index in [-0.39, 0.29) is 5.56 Å². The summed E-state index contributed by atoms with van der Waals surface area (Å²) in [7, 11) is 1.64. The van der Waals surface area contributed by atoms with E-state index in [0.29, 0.717) is 5.39 Å². The van der Waals surface area contributed by atoms with Gasteiger partial charge in [-0.3, -0.25) is 14.9 Å². The Labute approximate surface area is 132 Å². The van der Waals surface area contributed by atoms with E-state index in [2.05, 4.69) is 10.1 Å². The molecular weight excluding hydrogens is 290 g/mol. The van der Waals surface area contributed by atoms with Crippen LogP contribution in [0.3, 0.4) is 0 Å². The highest BCUT2D eigenvalue weighted by Gasteiger charge is 2.14. The molecule has 0 saturated heterocycles. The minimum absolute atomic E-state index is 0.103. The van der Waals surface area contributed by atoms with E-state index in [1.54, 1.807) is 18.0 Å². The van der Waals surface area contributed by atoms with Crippen LogP contribution in [0.4, 0.5) is 0 Å². The SMILES string of the molecule is COc1ccc2c(ncc3c(=O)n(-c4ccccc4)[nH]c32)c1C. The molecule has 2 heterocycles. The van der Waals surface area contributed by atoms with Crippen molar-refractivity contribution in [1.29, 1.82) is 0 Å². The van der Waals surface area contributed by atoms with E-state index in [0.717, 1.165) is 33.4 Å². The third-order valence-electron chi connectivity index (χ3n) is 4.13. The molecule has 23 heavy (non-hydrogen) atoms. The lowest BCUT2D eigenvalue weighted by Crippen LogP contribution is -2.13. The smallest absolute Gasteiger partial charge is 0.280 e. The molecule has 0 unspecified atom stereocenters. The van der Waals surface area contributed by atoms with Crippen LogP contribution in [0.2, 0.25) is 0 Å². The summed E-state index contributed by atoms with van der Waals surface area (Å²) in [4.78, 5) is 17.1. The van der Waals surface area contributed by atoms with Crippen molar-refractivity contribution in [3.05, 3.63) is 64.6 Å². The lowest BCUT2D eigenvalue weighted by Gasteiger charge is -2.07. The largest absolute Gasteiger partial charge is 0.496 e. The first-order chi connectivity index (χ1) is 11.2. The average Bonchev–Trinajstić information content (AvgIpc) is 2.93. The zero-order valence-electron chi connectivity index (χ0n) is 12.8. The third-order valence-corrected chi connectivity index (χ3v) is 4.13. The van der Waals surface area contributed by atoms with Gasteiger partial charge in [-0.05, 0) is 31.2 Å². The lowest BCUT2D eigenvalue weighted by molar-refractivity contribution is 0.412. The number of methoxy groups -OCH3 is 1. The van der Waals surface area contributed by atoms with E-state index in [4.69, 9.17) is 4.74 Å². The summed E-state index contributed by atoms with van der Waals surface area (Å²) in [5, 5.41) is 4.70. The number of nitrogens with zero attached hydrogens (tertiary/aromatic N) is 2. The Hall–Kier alpha value is -3.08. The number of H-pyrrole nitrogens is 1. The number of nitrogens with one attached hydrogen (secondary N) is 1. The number of ether oxygens (including phenoxy) is 1. The Morgan fingerprint density at radius 3 is 2.61 bits per heavy atom. The topological polar surface area (TPSA) is 59.9 Å². The quantitative estimate of drug-likeness (QED) is 0.619. The first kappa shape index (κ1) is 13.6. The molecule has 0 bridgehead atoms. The Morgan fingerprint density at radius 2 is 1.87 bits per heavy atom. The number of para-hydroxylation sites is 1. The van der Waals surface area contributed by atoms with Crippen molar-refractivity contribution in [1.82, 2.24) is 14.8 Å². The van der Waals surface area contributed by atoms with Crippen molar-refractivity contribution in [2.24, 2.45) is 0 Å². The molecule has 0 aliphatic rings. The zero-order valence-corrected chi connectivity index (χ0v) is 12.8. The lowest BCUT2D eigenvalue weighted by atomic mass is 10.1. The standard InChI is InChI=1S/C18H15N3O2/c1-11-15(23-2)9-8-13-16(11)19-10-14-17(13)20-21(18(14)22)12-6-4-3-5-7-12/h3-10,20H,1-2H3. The van der Waals surface area contributed by atoms with Crippen LogP contribution in [-0.2, 0) is 0 Å². The molecule has 0 atom stereocenters. The Morgan fingerprint density at radius 1 is 1.09 bits per heavy atom. The first-order valence-electron chi connectivity index (χ1n) is 7.33. The normalized spacial score (nSPS) is 11.2. The molecule has 114 valence electrons. The van der Waals surface area contributed by atoms with Crippen LogP contribution < -0.4 is 10.3 Å². The van der Waals surface area contributed by atoms with Gasteiger partial charge in [-0.1, -0.05) is 18.2 Å². The third kappa shape index (κ3) is 1.93. The monoisotopic (exact) mass is 305 g/mol. The fourth-order valence-corrected chi connectivity index (χ4v) is 2.93. The Bertz CT molecular complexity index is 1080. The van der Waals surface area contributed by atoms with E-state index in [1.165, 1.54) is 0 Å². The van der Waals surface area contributed by atoms with Crippen molar-refractivity contribution in [3.63, 3.8) is 0 Å². The van der Waals surface area contributed by atoms with Gasteiger partial charge in [0.15, 0.2) is 0 Å². The summed E-state index contributed by atoms with van der Waals surface area (Å²) in [6, 6.07) is 13.3. The minimum Gasteiger partial charge on any atom is -0.496 e. The average molecular weight is 305 g/mol. The number of fused-ring (bicyclic) bond motifs is 3. The number of benzene rings is 2. The molecule has 0 spiro atoms. The molecule has 0 fully saturated rings. The van der Waals surface area contributed by atoms with Crippen LogP contribution in [-0.4, -0.2) is 21.9 Å². The Kier molecular flexibility index (Phi) is 2.94. The molecule has 5 heteroatoms. The van der Waals surface area contributed by atoms with Gasteiger partial charge in [-0.15, -0.1) is 0 Å². The molecule has 5 nitrogen and oxygen atoms in total. The molecule has 4 aromatic rings. The van der Waals surface area contributed by atoms with Crippen LogP contribution in [0.5, 0.6) is 5.75 Å². The second-order valence-electron chi connectivity index (χ2n) is 5.42. The second-order valence-corrected chi connectivity index (χ2v) is 5.42. The van der Waals surface area contributed by atoms with Crippen LogP contribution in [0, 0.1) is 6.92 Å².